The number of carbonyl (C=O) groups is 1. The molecule has 5 heteroatoms. The van der Waals surface area contributed by atoms with Gasteiger partial charge in [-0.05, 0) is 17.7 Å². The molecule has 0 saturated carbocycles. The molecule has 88 valence electrons. The molecule has 1 amide bonds. The Bertz CT molecular complexity index is 593. The van der Waals surface area contributed by atoms with Gasteiger partial charge in [0.1, 0.15) is 0 Å². The summed E-state index contributed by atoms with van der Waals surface area (Å²) in [5.41, 5.74) is 6.49. The van der Waals surface area contributed by atoms with Crippen LogP contribution in [0.3, 0.4) is 0 Å². The maximum atomic E-state index is 11.6. The minimum absolute atomic E-state index is 0.0658. The Balaban J connectivity index is 2.22. The Kier molecular flexibility index (Phi) is 2.82. The second-order valence-corrected chi connectivity index (χ2v) is 3.88. The number of amides is 1. The fourth-order valence-electron chi connectivity index (χ4n) is 1.60. The summed E-state index contributed by atoms with van der Waals surface area (Å²) in [6.45, 7) is 0.485. The van der Waals surface area contributed by atoms with Gasteiger partial charge in [-0.15, -0.1) is 0 Å². The van der Waals surface area contributed by atoms with Crippen LogP contribution in [0.5, 0.6) is 0 Å². The molecule has 0 aliphatic heterocycles. The third-order valence-electron chi connectivity index (χ3n) is 2.61. The minimum Gasteiger partial charge on any atom is -0.366 e. The molecule has 0 bridgehead atoms. The number of benzene rings is 1. The number of primary amides is 1. The van der Waals surface area contributed by atoms with Crippen LogP contribution in [0.1, 0.15) is 15.9 Å². The maximum absolute atomic E-state index is 11.6. The van der Waals surface area contributed by atoms with Gasteiger partial charge >= 0.3 is 5.69 Å². The summed E-state index contributed by atoms with van der Waals surface area (Å²) < 4.78 is 3.11. The number of nitrogens with two attached hydrogens (primary N) is 1. The van der Waals surface area contributed by atoms with Gasteiger partial charge < -0.3 is 10.3 Å². The lowest BCUT2D eigenvalue weighted by atomic mass is 10.1. The van der Waals surface area contributed by atoms with Crippen LogP contribution in [0.15, 0.2) is 41.5 Å². The molecular weight excluding hydrogens is 218 g/mol. The summed E-state index contributed by atoms with van der Waals surface area (Å²) in [5, 5.41) is 0. The summed E-state index contributed by atoms with van der Waals surface area (Å²) in [6, 6.07) is 6.90. The second kappa shape index (κ2) is 4.29. The number of hydrogen-bond donors (Lipinski definition) is 1. The number of hydrogen-bond acceptors (Lipinski definition) is 2. The molecular formula is C12H13N3O2. The first-order valence-electron chi connectivity index (χ1n) is 5.18. The normalized spacial score (nSPS) is 10.4. The van der Waals surface area contributed by atoms with Crippen molar-refractivity contribution in [2.45, 2.75) is 6.54 Å². The van der Waals surface area contributed by atoms with Gasteiger partial charge in [0, 0.05) is 25.0 Å². The average molecular weight is 231 g/mol. The number of aryl methyl sites for hydroxylation is 1. The van der Waals surface area contributed by atoms with E-state index in [1.807, 2.05) is 0 Å². The third-order valence-corrected chi connectivity index (χ3v) is 2.61. The SMILES string of the molecule is Cn1ccn(Cc2ccc(C(N)=O)cc2)c1=O. The van der Waals surface area contributed by atoms with E-state index in [0.717, 1.165) is 5.56 Å². The number of aromatic nitrogens is 2. The van der Waals surface area contributed by atoms with Crippen molar-refractivity contribution in [2.24, 2.45) is 12.8 Å². The first-order valence-corrected chi connectivity index (χ1v) is 5.18. The van der Waals surface area contributed by atoms with E-state index in [4.69, 9.17) is 5.73 Å². The Labute approximate surface area is 98.1 Å². The maximum Gasteiger partial charge on any atom is 0.328 e. The standard InChI is InChI=1S/C12H13N3O2/c1-14-6-7-15(12(14)17)8-9-2-4-10(5-3-9)11(13)16/h2-7H,8H2,1H3,(H2,13,16). The molecule has 1 aromatic heterocycles. The van der Waals surface area contributed by atoms with E-state index in [1.54, 1.807) is 48.3 Å². The topological polar surface area (TPSA) is 70.0 Å². The molecule has 2 rings (SSSR count). The van der Waals surface area contributed by atoms with E-state index < -0.39 is 5.91 Å². The van der Waals surface area contributed by atoms with Crippen LogP contribution in [-0.4, -0.2) is 15.0 Å². The largest absolute Gasteiger partial charge is 0.366 e. The highest BCUT2D eigenvalue weighted by atomic mass is 16.2. The van der Waals surface area contributed by atoms with Crippen LogP contribution in [-0.2, 0) is 13.6 Å². The highest BCUT2D eigenvalue weighted by molar-refractivity contribution is 5.92. The third kappa shape index (κ3) is 2.28. The van der Waals surface area contributed by atoms with Gasteiger partial charge in [-0.2, -0.15) is 0 Å². The number of nitrogens with zero attached hydrogens (tertiary/aromatic N) is 2. The van der Waals surface area contributed by atoms with Crippen LogP contribution in [0, 0.1) is 0 Å². The summed E-state index contributed by atoms with van der Waals surface area (Å²) in [5.74, 6) is -0.451. The van der Waals surface area contributed by atoms with Gasteiger partial charge in [-0.3, -0.25) is 9.36 Å². The van der Waals surface area contributed by atoms with Crippen molar-refractivity contribution in [2.75, 3.05) is 0 Å². The van der Waals surface area contributed by atoms with Gasteiger partial charge in [0.25, 0.3) is 0 Å². The lowest BCUT2D eigenvalue weighted by Gasteiger charge is -2.02. The average Bonchev–Trinajstić information content (AvgIpc) is 2.62. The second-order valence-electron chi connectivity index (χ2n) is 3.88. The first kappa shape index (κ1) is 11.2. The molecule has 2 N–H and O–H groups in total. The summed E-state index contributed by atoms with van der Waals surface area (Å²) in [4.78, 5) is 22.5. The van der Waals surface area contributed by atoms with E-state index in [2.05, 4.69) is 0 Å². The Morgan fingerprint density at radius 3 is 2.35 bits per heavy atom. The zero-order valence-corrected chi connectivity index (χ0v) is 9.46. The van der Waals surface area contributed by atoms with Crippen molar-refractivity contribution < 1.29 is 4.79 Å². The van der Waals surface area contributed by atoms with Crippen LogP contribution < -0.4 is 11.4 Å². The van der Waals surface area contributed by atoms with E-state index in [9.17, 15) is 9.59 Å². The predicted octanol–water partition coefficient (Wildman–Crippen LogP) is 0.334. The van der Waals surface area contributed by atoms with Crippen LogP contribution in [0.4, 0.5) is 0 Å². The molecule has 0 aliphatic carbocycles. The molecule has 5 nitrogen and oxygen atoms in total. The highest BCUT2D eigenvalue weighted by Crippen LogP contribution is 2.05. The van der Waals surface area contributed by atoms with Crippen molar-refractivity contribution in [3.05, 3.63) is 58.3 Å². The molecule has 0 aliphatic rings. The monoisotopic (exact) mass is 231 g/mol. The zero-order valence-electron chi connectivity index (χ0n) is 9.46. The summed E-state index contributed by atoms with van der Waals surface area (Å²) in [6.07, 6.45) is 3.43. The molecule has 1 heterocycles. The molecule has 0 unspecified atom stereocenters. The van der Waals surface area contributed by atoms with E-state index >= 15 is 0 Å². The minimum atomic E-state index is -0.451. The van der Waals surface area contributed by atoms with Gasteiger partial charge in [0.05, 0.1) is 6.54 Å². The number of rotatable bonds is 3. The lowest BCUT2D eigenvalue weighted by molar-refractivity contribution is 0.100. The van der Waals surface area contributed by atoms with Crippen molar-refractivity contribution in [3.8, 4) is 0 Å². The fourth-order valence-corrected chi connectivity index (χ4v) is 1.60. The molecule has 0 atom stereocenters. The molecule has 0 spiro atoms. The molecule has 0 radical (unpaired) electrons. The van der Waals surface area contributed by atoms with Crippen LogP contribution in [0.25, 0.3) is 0 Å². The van der Waals surface area contributed by atoms with Crippen molar-refractivity contribution in [1.82, 2.24) is 9.13 Å². The Morgan fingerprint density at radius 2 is 1.88 bits per heavy atom. The van der Waals surface area contributed by atoms with Gasteiger partial charge in [0.15, 0.2) is 0 Å². The van der Waals surface area contributed by atoms with Crippen molar-refractivity contribution in [1.29, 1.82) is 0 Å². The zero-order chi connectivity index (χ0) is 12.4. The Morgan fingerprint density at radius 1 is 1.24 bits per heavy atom. The first-order chi connectivity index (χ1) is 8.08. The smallest absolute Gasteiger partial charge is 0.328 e. The van der Waals surface area contributed by atoms with Crippen molar-refractivity contribution in [3.63, 3.8) is 0 Å². The fraction of sp³-hybridized carbons (Fsp3) is 0.167. The molecule has 17 heavy (non-hydrogen) atoms. The Hall–Kier alpha value is -2.30. The summed E-state index contributed by atoms with van der Waals surface area (Å²) >= 11 is 0. The van der Waals surface area contributed by atoms with E-state index in [0.29, 0.717) is 12.1 Å². The molecule has 2 aromatic rings. The molecule has 1 aromatic carbocycles. The molecule has 0 saturated heterocycles. The van der Waals surface area contributed by atoms with Crippen molar-refractivity contribution >= 4 is 5.91 Å². The van der Waals surface area contributed by atoms with Gasteiger partial charge in [-0.25, -0.2) is 4.79 Å². The molecule has 0 fully saturated rings. The predicted molar refractivity (Wildman–Crippen MR) is 63.7 cm³/mol. The van der Waals surface area contributed by atoms with Crippen LogP contribution in [0.2, 0.25) is 0 Å². The van der Waals surface area contributed by atoms with E-state index in [1.165, 1.54) is 4.57 Å². The van der Waals surface area contributed by atoms with E-state index in [-0.39, 0.29) is 5.69 Å². The quantitative estimate of drug-likeness (QED) is 0.827. The van der Waals surface area contributed by atoms with Gasteiger partial charge in [-0.1, -0.05) is 12.1 Å². The number of imidazole rings is 1. The highest BCUT2D eigenvalue weighted by Gasteiger charge is 2.03. The lowest BCUT2D eigenvalue weighted by Crippen LogP contribution is -2.22. The number of carbonyl (C=O) groups excluding carboxylic acids is 1. The van der Waals surface area contributed by atoms with Gasteiger partial charge in [0.2, 0.25) is 5.91 Å². The summed E-state index contributed by atoms with van der Waals surface area (Å²) in [7, 11) is 1.70. The van der Waals surface area contributed by atoms with Crippen LogP contribution >= 0.6 is 0 Å².